The van der Waals surface area contributed by atoms with Crippen molar-refractivity contribution in [3.05, 3.63) is 51.1 Å². The fourth-order valence-corrected chi connectivity index (χ4v) is 2.36. The quantitative estimate of drug-likeness (QED) is 0.880. The van der Waals surface area contributed by atoms with Crippen LogP contribution in [0, 0.1) is 0 Å². The van der Waals surface area contributed by atoms with E-state index >= 15 is 0 Å². The van der Waals surface area contributed by atoms with Crippen LogP contribution in [-0.4, -0.2) is 17.9 Å². The number of anilines is 2. The normalized spacial score (nSPS) is 10.2. The van der Waals surface area contributed by atoms with Gasteiger partial charge in [-0.25, -0.2) is 4.98 Å². The number of hydrogen-bond acceptors (Lipinski definition) is 3. The van der Waals surface area contributed by atoms with Crippen molar-refractivity contribution in [3.63, 3.8) is 0 Å². The molecule has 0 aliphatic rings. The van der Waals surface area contributed by atoms with E-state index in [-0.39, 0.29) is 5.91 Å². The molecule has 0 aliphatic carbocycles. The Balaban J connectivity index is 2.21. The zero-order valence-electron chi connectivity index (χ0n) is 10.4. The zero-order valence-corrected chi connectivity index (χ0v) is 12.6. The number of carbonyl (C=O) groups excluding carboxylic acids is 1. The van der Waals surface area contributed by atoms with Crippen LogP contribution in [0.15, 0.2) is 30.5 Å². The largest absolute Gasteiger partial charge is 0.372 e. The monoisotopic (exact) mass is 329 g/mol. The van der Waals surface area contributed by atoms with Gasteiger partial charge in [0.1, 0.15) is 5.82 Å². The molecule has 0 spiro atoms. The minimum absolute atomic E-state index is 0.338. The van der Waals surface area contributed by atoms with Crippen LogP contribution in [0.2, 0.25) is 15.1 Å². The number of benzene rings is 1. The van der Waals surface area contributed by atoms with Gasteiger partial charge in [0.25, 0.3) is 5.91 Å². The predicted molar refractivity (Wildman–Crippen MR) is 83.2 cm³/mol. The highest BCUT2D eigenvalue weighted by Crippen LogP contribution is 2.24. The van der Waals surface area contributed by atoms with Gasteiger partial charge in [0.05, 0.1) is 10.6 Å². The summed E-state index contributed by atoms with van der Waals surface area (Å²) in [5.41, 5.74) is 0.839. The van der Waals surface area contributed by atoms with Crippen LogP contribution in [0.3, 0.4) is 0 Å². The average Bonchev–Trinajstić information content (AvgIpc) is 2.37. The molecular formula is C13H10Cl3N3O. The molecule has 2 N–H and O–H groups in total. The molecular weight excluding hydrogens is 321 g/mol. The number of rotatable bonds is 3. The first-order chi connectivity index (χ1) is 9.49. The summed E-state index contributed by atoms with van der Waals surface area (Å²) in [4.78, 5) is 16.1. The Hall–Kier alpha value is -1.49. The topological polar surface area (TPSA) is 54.0 Å². The molecule has 7 heteroatoms. The molecule has 20 heavy (non-hydrogen) atoms. The molecule has 104 valence electrons. The van der Waals surface area contributed by atoms with Gasteiger partial charge in [0.2, 0.25) is 0 Å². The van der Waals surface area contributed by atoms with Crippen molar-refractivity contribution in [2.24, 2.45) is 0 Å². The predicted octanol–water partition coefficient (Wildman–Crippen LogP) is 4.34. The fraction of sp³-hybridized carbons (Fsp3) is 0.0769. The standard InChI is InChI=1S/C13H10Cl3N3O/c1-17-12-11(16)2-7(6-18-12)13(20)19-10-4-8(14)3-9(15)5-10/h2-6H,1H3,(H,17,18)(H,19,20). The lowest BCUT2D eigenvalue weighted by molar-refractivity contribution is 0.102. The van der Waals surface area contributed by atoms with Crippen molar-refractivity contribution in [2.75, 3.05) is 17.7 Å². The number of halogens is 3. The molecule has 0 saturated carbocycles. The maximum absolute atomic E-state index is 12.1. The summed E-state index contributed by atoms with van der Waals surface area (Å²) in [7, 11) is 1.70. The number of hydrogen-bond donors (Lipinski definition) is 2. The van der Waals surface area contributed by atoms with Crippen molar-refractivity contribution < 1.29 is 4.79 Å². The Bertz CT molecular complexity index is 641. The van der Waals surface area contributed by atoms with E-state index in [0.717, 1.165) is 0 Å². The van der Waals surface area contributed by atoms with Gasteiger partial charge in [-0.1, -0.05) is 34.8 Å². The highest BCUT2D eigenvalue weighted by atomic mass is 35.5. The molecule has 1 aromatic heterocycles. The molecule has 0 aliphatic heterocycles. The molecule has 0 saturated heterocycles. The third kappa shape index (κ3) is 3.54. The van der Waals surface area contributed by atoms with Crippen LogP contribution >= 0.6 is 34.8 Å². The summed E-state index contributed by atoms with van der Waals surface area (Å²) in [6.45, 7) is 0. The lowest BCUT2D eigenvalue weighted by Crippen LogP contribution is -2.12. The van der Waals surface area contributed by atoms with E-state index < -0.39 is 0 Å². The molecule has 1 heterocycles. The molecule has 4 nitrogen and oxygen atoms in total. The zero-order chi connectivity index (χ0) is 14.7. The van der Waals surface area contributed by atoms with E-state index in [1.807, 2.05) is 0 Å². The van der Waals surface area contributed by atoms with Crippen LogP contribution in [0.25, 0.3) is 0 Å². The molecule has 0 bridgehead atoms. The summed E-state index contributed by atoms with van der Waals surface area (Å²) < 4.78 is 0. The Morgan fingerprint density at radius 2 is 1.75 bits per heavy atom. The van der Waals surface area contributed by atoms with Gasteiger partial charge >= 0.3 is 0 Å². The first-order valence-electron chi connectivity index (χ1n) is 5.60. The van der Waals surface area contributed by atoms with Crippen LogP contribution in [0.5, 0.6) is 0 Å². The molecule has 0 fully saturated rings. The van der Waals surface area contributed by atoms with Crippen molar-refractivity contribution >= 4 is 52.2 Å². The second kappa shape index (κ2) is 6.31. The van der Waals surface area contributed by atoms with Gasteiger partial charge in [-0.2, -0.15) is 0 Å². The Morgan fingerprint density at radius 3 is 2.30 bits per heavy atom. The van der Waals surface area contributed by atoms with E-state index in [0.29, 0.717) is 32.1 Å². The van der Waals surface area contributed by atoms with E-state index in [1.54, 1.807) is 25.2 Å². The second-order valence-corrected chi connectivity index (χ2v) is 5.20. The molecule has 1 amide bonds. The Kier molecular flexibility index (Phi) is 4.70. The van der Waals surface area contributed by atoms with E-state index in [4.69, 9.17) is 34.8 Å². The second-order valence-electron chi connectivity index (χ2n) is 3.92. The number of amides is 1. The maximum Gasteiger partial charge on any atom is 0.257 e. The van der Waals surface area contributed by atoms with Gasteiger partial charge in [-0.15, -0.1) is 0 Å². The third-order valence-electron chi connectivity index (χ3n) is 2.46. The molecule has 0 radical (unpaired) electrons. The number of nitrogens with zero attached hydrogens (tertiary/aromatic N) is 1. The molecule has 0 atom stereocenters. The van der Waals surface area contributed by atoms with E-state index in [1.165, 1.54) is 12.3 Å². The highest BCUT2D eigenvalue weighted by Gasteiger charge is 2.10. The Morgan fingerprint density at radius 1 is 1.10 bits per heavy atom. The SMILES string of the molecule is CNc1ncc(C(=O)Nc2cc(Cl)cc(Cl)c2)cc1Cl. The average molecular weight is 331 g/mol. The summed E-state index contributed by atoms with van der Waals surface area (Å²) in [6, 6.07) is 6.31. The lowest BCUT2D eigenvalue weighted by Gasteiger charge is -2.08. The number of nitrogens with one attached hydrogen (secondary N) is 2. The van der Waals surface area contributed by atoms with E-state index in [9.17, 15) is 4.79 Å². The van der Waals surface area contributed by atoms with Crippen LogP contribution in [-0.2, 0) is 0 Å². The van der Waals surface area contributed by atoms with Gasteiger partial charge in [0.15, 0.2) is 0 Å². The number of carbonyl (C=O) groups is 1. The number of aromatic nitrogens is 1. The third-order valence-corrected chi connectivity index (χ3v) is 3.19. The smallest absolute Gasteiger partial charge is 0.257 e. The molecule has 2 rings (SSSR count). The summed E-state index contributed by atoms with van der Waals surface area (Å²) in [5.74, 6) is 0.161. The highest BCUT2D eigenvalue weighted by molar-refractivity contribution is 6.35. The van der Waals surface area contributed by atoms with Gasteiger partial charge < -0.3 is 10.6 Å². The fourth-order valence-electron chi connectivity index (χ4n) is 1.58. The van der Waals surface area contributed by atoms with Crippen molar-refractivity contribution in [1.82, 2.24) is 4.98 Å². The first-order valence-corrected chi connectivity index (χ1v) is 6.73. The minimum Gasteiger partial charge on any atom is -0.372 e. The van der Waals surface area contributed by atoms with Crippen LogP contribution in [0.4, 0.5) is 11.5 Å². The van der Waals surface area contributed by atoms with Crippen molar-refractivity contribution in [3.8, 4) is 0 Å². The summed E-state index contributed by atoms with van der Waals surface area (Å²) in [5, 5.41) is 6.74. The summed E-state index contributed by atoms with van der Waals surface area (Å²) in [6.07, 6.45) is 1.43. The Labute approximate surface area is 131 Å². The molecule has 0 unspecified atom stereocenters. The first kappa shape index (κ1) is 14.9. The van der Waals surface area contributed by atoms with Gasteiger partial charge in [-0.05, 0) is 24.3 Å². The molecule has 1 aromatic carbocycles. The molecule has 2 aromatic rings. The lowest BCUT2D eigenvalue weighted by atomic mass is 10.2. The van der Waals surface area contributed by atoms with Gasteiger partial charge in [-0.3, -0.25) is 4.79 Å². The number of pyridine rings is 1. The van der Waals surface area contributed by atoms with Crippen molar-refractivity contribution in [2.45, 2.75) is 0 Å². The van der Waals surface area contributed by atoms with Crippen molar-refractivity contribution in [1.29, 1.82) is 0 Å². The van der Waals surface area contributed by atoms with Crippen LogP contribution < -0.4 is 10.6 Å². The van der Waals surface area contributed by atoms with Crippen LogP contribution in [0.1, 0.15) is 10.4 Å². The summed E-state index contributed by atoms with van der Waals surface area (Å²) >= 11 is 17.7. The van der Waals surface area contributed by atoms with Gasteiger partial charge in [0, 0.05) is 29.0 Å². The van der Waals surface area contributed by atoms with E-state index in [2.05, 4.69) is 15.6 Å². The maximum atomic E-state index is 12.1. The minimum atomic E-state index is -0.347.